The molecule has 1 saturated heterocycles. The number of benzene rings is 2. The molecule has 156 valence electrons. The van der Waals surface area contributed by atoms with Gasteiger partial charge in [0.15, 0.2) is 6.29 Å². The highest BCUT2D eigenvalue weighted by Gasteiger charge is 2.47. The summed E-state index contributed by atoms with van der Waals surface area (Å²) in [6.45, 7) is 1.27. The second kappa shape index (κ2) is 7.48. The highest BCUT2D eigenvalue weighted by Crippen LogP contribution is 2.53. The third-order valence-electron chi connectivity index (χ3n) is 6.17. The van der Waals surface area contributed by atoms with Crippen LogP contribution in [-0.2, 0) is 14.9 Å². The van der Waals surface area contributed by atoms with Gasteiger partial charge in [0.2, 0.25) is 0 Å². The largest absolute Gasteiger partial charge is 0.348 e. The molecule has 0 unspecified atom stereocenters. The minimum Gasteiger partial charge on any atom is -0.348 e. The number of aromatic nitrogens is 2. The first-order valence-corrected chi connectivity index (χ1v) is 11.4. The van der Waals surface area contributed by atoms with Crippen molar-refractivity contribution in [1.82, 2.24) is 9.97 Å². The molecule has 31 heavy (non-hydrogen) atoms. The van der Waals surface area contributed by atoms with Crippen LogP contribution in [0.2, 0.25) is 0 Å². The third kappa shape index (κ3) is 3.35. The number of rotatable bonds is 4. The Morgan fingerprint density at radius 1 is 1.00 bits per heavy atom. The van der Waals surface area contributed by atoms with Crippen molar-refractivity contribution in [2.75, 3.05) is 13.2 Å². The average molecular weight is 433 g/mol. The Hall–Kier alpha value is -2.67. The van der Waals surface area contributed by atoms with E-state index < -0.39 is 6.29 Å². The van der Waals surface area contributed by atoms with E-state index in [9.17, 15) is 4.39 Å². The molecular formula is C25H21FN2O2S. The van der Waals surface area contributed by atoms with E-state index in [1.165, 1.54) is 23.0 Å². The number of pyridine rings is 1. The van der Waals surface area contributed by atoms with Crippen LogP contribution in [0.4, 0.5) is 4.39 Å². The van der Waals surface area contributed by atoms with Gasteiger partial charge in [0.05, 0.1) is 29.1 Å². The molecule has 2 aromatic heterocycles. The molecule has 0 N–H and O–H groups in total. The van der Waals surface area contributed by atoms with Crippen molar-refractivity contribution in [2.45, 2.75) is 31.0 Å². The molecule has 1 saturated carbocycles. The Labute approximate surface area is 183 Å². The highest BCUT2D eigenvalue weighted by atomic mass is 32.1. The van der Waals surface area contributed by atoms with Gasteiger partial charge in [0.25, 0.3) is 0 Å². The van der Waals surface area contributed by atoms with Gasteiger partial charge in [0.1, 0.15) is 10.8 Å². The maximum Gasteiger partial charge on any atom is 0.183 e. The molecule has 0 radical (unpaired) electrons. The number of fused-ring (bicyclic) bond motifs is 1. The Balaban J connectivity index is 1.33. The zero-order valence-corrected chi connectivity index (χ0v) is 17.7. The molecule has 2 aromatic carbocycles. The van der Waals surface area contributed by atoms with Gasteiger partial charge in [-0.05, 0) is 61.2 Å². The van der Waals surface area contributed by atoms with Crippen molar-refractivity contribution in [3.63, 3.8) is 0 Å². The fourth-order valence-corrected chi connectivity index (χ4v) is 5.36. The first kappa shape index (κ1) is 19.0. The molecular weight excluding hydrogens is 411 g/mol. The summed E-state index contributed by atoms with van der Waals surface area (Å²) in [4.78, 5) is 9.30. The highest BCUT2D eigenvalue weighted by molar-refractivity contribution is 7.21. The quantitative estimate of drug-likeness (QED) is 0.396. The van der Waals surface area contributed by atoms with Gasteiger partial charge in [-0.25, -0.2) is 9.37 Å². The zero-order chi connectivity index (χ0) is 20.8. The normalized spacial score (nSPS) is 18.4. The summed E-state index contributed by atoms with van der Waals surface area (Å²) in [6, 6.07) is 17.6. The van der Waals surface area contributed by atoms with Gasteiger partial charge in [-0.3, -0.25) is 4.98 Å². The monoisotopic (exact) mass is 432 g/mol. The number of nitrogens with zero attached hydrogens (tertiary/aromatic N) is 2. The first-order chi connectivity index (χ1) is 15.2. The lowest BCUT2D eigenvalue weighted by Gasteiger charge is -2.23. The van der Waals surface area contributed by atoms with E-state index in [4.69, 9.17) is 14.5 Å². The fraction of sp³-hybridized carbons (Fsp3) is 0.280. The lowest BCUT2D eigenvalue weighted by Crippen LogP contribution is -2.17. The van der Waals surface area contributed by atoms with Gasteiger partial charge in [-0.2, -0.15) is 0 Å². The molecule has 0 atom stereocenters. The van der Waals surface area contributed by atoms with Crippen LogP contribution in [0.5, 0.6) is 0 Å². The fourth-order valence-electron chi connectivity index (χ4n) is 4.33. The average Bonchev–Trinajstić information content (AvgIpc) is 3.53. The number of ether oxygens (including phenoxy) is 2. The standard InChI is InChI=1S/C25H21FN2O2S/c26-19-14-16(24-29-12-3-13-30-24)5-7-18(19)23-28-20-8-6-17(15-21(20)31-23)25(9-10-25)22-4-1-2-11-27-22/h1-2,4-8,11,14-15,24H,3,9-10,12-13H2. The summed E-state index contributed by atoms with van der Waals surface area (Å²) in [5, 5.41) is 0.685. The van der Waals surface area contributed by atoms with Crippen LogP contribution >= 0.6 is 11.3 Å². The third-order valence-corrected chi connectivity index (χ3v) is 7.22. The van der Waals surface area contributed by atoms with E-state index in [1.54, 1.807) is 6.07 Å². The smallest absolute Gasteiger partial charge is 0.183 e. The number of hydrogen-bond acceptors (Lipinski definition) is 5. The second-order valence-electron chi connectivity index (χ2n) is 8.16. The summed E-state index contributed by atoms with van der Waals surface area (Å²) < 4.78 is 27.2. The molecule has 0 spiro atoms. The zero-order valence-electron chi connectivity index (χ0n) is 16.9. The molecule has 1 aliphatic carbocycles. The van der Waals surface area contributed by atoms with Crippen molar-refractivity contribution in [3.8, 4) is 10.6 Å². The Bertz CT molecular complexity index is 1250. The molecule has 2 fully saturated rings. The number of halogens is 1. The second-order valence-corrected chi connectivity index (χ2v) is 9.20. The van der Waals surface area contributed by atoms with Crippen LogP contribution in [0, 0.1) is 5.82 Å². The minimum atomic E-state index is -0.489. The van der Waals surface area contributed by atoms with Crippen molar-refractivity contribution < 1.29 is 13.9 Å². The molecule has 6 heteroatoms. The Morgan fingerprint density at radius 3 is 2.61 bits per heavy atom. The SMILES string of the molecule is Fc1cc(C2OCCCO2)ccc1-c1nc2ccc(C3(c4ccccn4)CC3)cc2s1. The summed E-state index contributed by atoms with van der Waals surface area (Å²) in [5.74, 6) is -0.304. The van der Waals surface area contributed by atoms with E-state index >= 15 is 0 Å². The van der Waals surface area contributed by atoms with Crippen molar-refractivity contribution >= 4 is 21.6 Å². The Morgan fingerprint density at radius 2 is 1.87 bits per heavy atom. The van der Waals surface area contributed by atoms with Crippen LogP contribution in [0.25, 0.3) is 20.8 Å². The van der Waals surface area contributed by atoms with Crippen LogP contribution in [0.3, 0.4) is 0 Å². The first-order valence-electron chi connectivity index (χ1n) is 10.6. The van der Waals surface area contributed by atoms with Crippen LogP contribution in [0.15, 0.2) is 60.8 Å². The van der Waals surface area contributed by atoms with Crippen LogP contribution in [-0.4, -0.2) is 23.2 Å². The molecule has 1 aliphatic heterocycles. The molecule has 3 heterocycles. The predicted molar refractivity (Wildman–Crippen MR) is 119 cm³/mol. The van der Waals surface area contributed by atoms with Gasteiger partial charge in [-0.1, -0.05) is 18.2 Å². The predicted octanol–water partition coefficient (Wildman–Crippen LogP) is 6.01. The molecule has 4 nitrogen and oxygen atoms in total. The van der Waals surface area contributed by atoms with E-state index in [2.05, 4.69) is 23.2 Å². The van der Waals surface area contributed by atoms with E-state index in [1.807, 2.05) is 30.5 Å². The van der Waals surface area contributed by atoms with Gasteiger partial charge in [0, 0.05) is 22.7 Å². The molecule has 6 rings (SSSR count). The Kier molecular flexibility index (Phi) is 4.60. The maximum atomic E-state index is 15.0. The van der Waals surface area contributed by atoms with Gasteiger partial charge < -0.3 is 9.47 Å². The van der Waals surface area contributed by atoms with Gasteiger partial charge in [-0.15, -0.1) is 11.3 Å². The topological polar surface area (TPSA) is 44.2 Å². The summed E-state index contributed by atoms with van der Waals surface area (Å²) in [7, 11) is 0. The summed E-state index contributed by atoms with van der Waals surface area (Å²) in [6.07, 6.45) is 4.43. The van der Waals surface area contributed by atoms with E-state index in [-0.39, 0.29) is 11.2 Å². The maximum absolute atomic E-state index is 15.0. The van der Waals surface area contributed by atoms with Crippen LogP contribution in [0.1, 0.15) is 42.4 Å². The summed E-state index contributed by atoms with van der Waals surface area (Å²) >= 11 is 1.53. The molecule has 4 aromatic rings. The number of thiazole rings is 1. The molecule has 0 amide bonds. The lowest BCUT2D eigenvalue weighted by molar-refractivity contribution is -0.183. The van der Waals surface area contributed by atoms with E-state index in [0.717, 1.165) is 35.2 Å². The molecule has 0 bridgehead atoms. The van der Waals surface area contributed by atoms with Crippen molar-refractivity contribution in [3.05, 3.63) is 83.4 Å². The number of hydrogen-bond donors (Lipinski definition) is 0. The summed E-state index contributed by atoms with van der Waals surface area (Å²) in [5.41, 5.74) is 4.49. The molecule has 2 aliphatic rings. The van der Waals surface area contributed by atoms with Gasteiger partial charge >= 0.3 is 0 Å². The van der Waals surface area contributed by atoms with Crippen molar-refractivity contribution in [2.24, 2.45) is 0 Å². The van der Waals surface area contributed by atoms with Crippen molar-refractivity contribution in [1.29, 1.82) is 0 Å². The lowest BCUT2D eigenvalue weighted by atomic mass is 9.92. The minimum absolute atomic E-state index is 0.00645. The van der Waals surface area contributed by atoms with E-state index in [0.29, 0.717) is 29.3 Å². The van der Waals surface area contributed by atoms with Crippen LogP contribution < -0.4 is 0 Å².